The Kier molecular flexibility index (Phi) is 7.11. The molecule has 9 nitrogen and oxygen atoms in total. The summed E-state index contributed by atoms with van der Waals surface area (Å²) in [5.41, 5.74) is 5.95. The second-order valence-electron chi connectivity index (χ2n) is 6.53. The van der Waals surface area contributed by atoms with Crippen LogP contribution in [0.4, 0.5) is 8.78 Å². The van der Waals surface area contributed by atoms with E-state index in [1.54, 1.807) is 12.1 Å². The summed E-state index contributed by atoms with van der Waals surface area (Å²) < 4.78 is 55.1. The summed E-state index contributed by atoms with van der Waals surface area (Å²) in [6.07, 6.45) is -1.49. The van der Waals surface area contributed by atoms with Crippen molar-refractivity contribution >= 4 is 29.7 Å². The van der Waals surface area contributed by atoms with Gasteiger partial charge in [-0.3, -0.25) is 9.32 Å². The molecule has 0 radical (unpaired) electrons. The van der Waals surface area contributed by atoms with Crippen molar-refractivity contribution in [3.63, 3.8) is 0 Å². The molecule has 0 aliphatic rings. The minimum atomic E-state index is -4.95. The number of aromatic nitrogens is 1. The van der Waals surface area contributed by atoms with Crippen LogP contribution in [0.1, 0.15) is 27.9 Å². The third-order valence-corrected chi connectivity index (χ3v) is 5.19. The summed E-state index contributed by atoms with van der Waals surface area (Å²) in [5, 5.41) is 0. The monoisotopic (exact) mass is 532 g/mol. The van der Waals surface area contributed by atoms with Gasteiger partial charge in [-0.1, -0.05) is 29.8 Å². The number of carbonyl (C=O) groups is 1. The molecule has 1 aromatic heterocycles. The molecule has 1 amide bonds. The molecule has 170 valence electrons. The lowest BCUT2D eigenvalue weighted by atomic mass is 10.1. The van der Waals surface area contributed by atoms with E-state index in [0.717, 1.165) is 17.7 Å². The number of amides is 1. The van der Waals surface area contributed by atoms with Crippen LogP contribution >= 0.6 is 23.8 Å². The van der Waals surface area contributed by atoms with Crippen LogP contribution in [-0.2, 0) is 9.09 Å². The lowest BCUT2D eigenvalue weighted by molar-refractivity contribution is 0.0800. The fourth-order valence-electron chi connectivity index (χ4n) is 2.67. The number of ether oxygens (including phenoxy) is 1. The summed E-state index contributed by atoms with van der Waals surface area (Å²) in [6.45, 7) is 1.08. The van der Waals surface area contributed by atoms with Gasteiger partial charge < -0.3 is 24.7 Å². The first kappa shape index (κ1) is 24.0. The standard InChI is InChI=1S/C19H16BrF2N2O7P/c1-9-2-4-10(5-3-9)16-17(20)31-19(24-16)13(8-29-32(26,27)28)30-12-7-6-11(21)14(15(12)22)18(23)25/h2-7,13H,8H2,1H3,(H2,23,25)(H2,26,27,28). The number of carbonyl (C=O) groups excluding carboxylic acids is 1. The van der Waals surface area contributed by atoms with E-state index < -0.39 is 49.4 Å². The minimum Gasteiger partial charge on any atom is -0.475 e. The molecular weight excluding hydrogens is 517 g/mol. The molecule has 1 unspecified atom stereocenters. The van der Waals surface area contributed by atoms with Gasteiger partial charge in [0.15, 0.2) is 22.3 Å². The van der Waals surface area contributed by atoms with E-state index in [1.807, 2.05) is 19.1 Å². The summed E-state index contributed by atoms with van der Waals surface area (Å²) in [5.74, 6) is -4.83. The van der Waals surface area contributed by atoms with E-state index in [1.165, 1.54) is 0 Å². The maximum absolute atomic E-state index is 14.6. The molecule has 0 bridgehead atoms. The van der Waals surface area contributed by atoms with Crippen molar-refractivity contribution < 1.29 is 41.6 Å². The van der Waals surface area contributed by atoms with Gasteiger partial charge in [0.1, 0.15) is 23.7 Å². The molecule has 3 aromatic rings. The number of hydrogen-bond donors (Lipinski definition) is 3. The van der Waals surface area contributed by atoms with Gasteiger partial charge in [0.25, 0.3) is 5.91 Å². The normalized spacial score (nSPS) is 12.6. The summed E-state index contributed by atoms with van der Waals surface area (Å²) in [4.78, 5) is 33.7. The summed E-state index contributed by atoms with van der Waals surface area (Å²) in [7, 11) is -4.95. The first-order chi connectivity index (χ1) is 15.0. The maximum Gasteiger partial charge on any atom is 0.469 e. The second-order valence-corrected chi connectivity index (χ2v) is 8.49. The maximum atomic E-state index is 14.6. The lowest BCUT2D eigenvalue weighted by Crippen LogP contribution is -2.19. The molecule has 13 heteroatoms. The average molecular weight is 533 g/mol. The number of nitrogens with two attached hydrogens (primary N) is 1. The van der Waals surface area contributed by atoms with Crippen LogP contribution in [0.25, 0.3) is 11.3 Å². The first-order valence-electron chi connectivity index (χ1n) is 8.84. The molecule has 0 aliphatic carbocycles. The molecule has 0 fully saturated rings. The highest BCUT2D eigenvalue weighted by atomic mass is 79.9. The van der Waals surface area contributed by atoms with Crippen LogP contribution in [0, 0.1) is 18.6 Å². The van der Waals surface area contributed by atoms with E-state index in [4.69, 9.17) is 24.7 Å². The Morgan fingerprint density at radius 2 is 1.91 bits per heavy atom. The van der Waals surface area contributed by atoms with Crippen LogP contribution in [0.3, 0.4) is 0 Å². The van der Waals surface area contributed by atoms with Gasteiger partial charge in [0.05, 0.1) is 0 Å². The van der Waals surface area contributed by atoms with Gasteiger partial charge >= 0.3 is 7.82 Å². The number of hydrogen-bond acceptors (Lipinski definition) is 6. The zero-order chi connectivity index (χ0) is 23.6. The van der Waals surface area contributed by atoms with Crippen LogP contribution in [0.2, 0.25) is 0 Å². The largest absolute Gasteiger partial charge is 0.475 e. The number of benzene rings is 2. The Morgan fingerprint density at radius 3 is 2.50 bits per heavy atom. The molecule has 3 rings (SSSR count). The minimum absolute atomic E-state index is 0.165. The molecule has 0 aliphatic heterocycles. The van der Waals surface area contributed by atoms with E-state index >= 15 is 0 Å². The number of oxazole rings is 1. The fourth-order valence-corrected chi connectivity index (χ4v) is 3.48. The summed E-state index contributed by atoms with van der Waals surface area (Å²) >= 11 is 3.21. The third kappa shape index (κ3) is 5.59. The van der Waals surface area contributed by atoms with Gasteiger partial charge in [-0.15, -0.1) is 0 Å². The SMILES string of the molecule is Cc1ccc(-c2nc(C(COP(=O)(O)O)Oc3ccc(F)c(C(N)=O)c3F)oc2Br)cc1. The number of primary amides is 1. The number of phosphoric ester groups is 1. The molecule has 4 N–H and O–H groups in total. The van der Waals surface area contributed by atoms with Gasteiger partial charge in [-0.05, 0) is 35.0 Å². The Balaban J connectivity index is 2.00. The van der Waals surface area contributed by atoms with E-state index in [-0.39, 0.29) is 10.6 Å². The predicted octanol–water partition coefficient (Wildman–Crippen LogP) is 4.02. The predicted molar refractivity (Wildman–Crippen MR) is 111 cm³/mol. The van der Waals surface area contributed by atoms with Gasteiger partial charge in [-0.25, -0.2) is 18.3 Å². The number of aryl methyl sites for hydroxylation is 1. The molecule has 0 spiro atoms. The quantitative estimate of drug-likeness (QED) is 0.369. The van der Waals surface area contributed by atoms with Gasteiger partial charge in [-0.2, -0.15) is 0 Å². The number of phosphoric acid groups is 1. The van der Waals surface area contributed by atoms with Crippen molar-refractivity contribution in [3.05, 3.63) is 69.7 Å². The lowest BCUT2D eigenvalue weighted by Gasteiger charge is -2.17. The number of rotatable bonds is 8. The Hall–Kier alpha value is -2.63. The zero-order valence-corrected chi connectivity index (χ0v) is 18.8. The Labute approximate surface area is 188 Å². The number of nitrogens with zero attached hydrogens (tertiary/aromatic N) is 1. The molecule has 0 saturated heterocycles. The molecule has 1 atom stereocenters. The molecule has 0 saturated carbocycles. The fraction of sp³-hybridized carbons (Fsp3) is 0.158. The highest BCUT2D eigenvalue weighted by Gasteiger charge is 2.29. The second kappa shape index (κ2) is 9.47. The number of halogens is 3. The van der Waals surface area contributed by atoms with Crippen LogP contribution in [-0.4, -0.2) is 27.3 Å². The van der Waals surface area contributed by atoms with Crippen molar-refractivity contribution in [2.75, 3.05) is 6.61 Å². The zero-order valence-electron chi connectivity index (χ0n) is 16.3. The van der Waals surface area contributed by atoms with Crippen LogP contribution < -0.4 is 10.5 Å². The van der Waals surface area contributed by atoms with Crippen LogP contribution in [0.5, 0.6) is 5.75 Å². The highest BCUT2D eigenvalue weighted by Crippen LogP contribution is 2.39. The highest BCUT2D eigenvalue weighted by molar-refractivity contribution is 9.10. The van der Waals surface area contributed by atoms with Crippen molar-refractivity contribution in [3.8, 4) is 17.0 Å². The molecule has 32 heavy (non-hydrogen) atoms. The van der Waals surface area contributed by atoms with Gasteiger partial charge in [0, 0.05) is 5.56 Å². The van der Waals surface area contributed by atoms with E-state index in [2.05, 4.69) is 25.4 Å². The van der Waals surface area contributed by atoms with Gasteiger partial charge in [0.2, 0.25) is 5.89 Å². The van der Waals surface area contributed by atoms with Crippen molar-refractivity contribution in [2.24, 2.45) is 5.73 Å². The Bertz CT molecular complexity index is 1200. The topological polar surface area (TPSA) is 145 Å². The Morgan fingerprint density at radius 1 is 1.25 bits per heavy atom. The van der Waals surface area contributed by atoms with E-state index in [9.17, 15) is 18.1 Å². The average Bonchev–Trinajstić information content (AvgIpc) is 3.08. The molecule has 1 heterocycles. The summed E-state index contributed by atoms with van der Waals surface area (Å²) in [6, 6.07) is 8.83. The smallest absolute Gasteiger partial charge is 0.469 e. The van der Waals surface area contributed by atoms with Crippen molar-refractivity contribution in [1.82, 2.24) is 4.98 Å². The third-order valence-electron chi connectivity index (χ3n) is 4.17. The van der Waals surface area contributed by atoms with Crippen LogP contribution in [0.15, 0.2) is 45.5 Å². The molecular formula is C19H16BrF2N2O7P. The van der Waals surface area contributed by atoms with E-state index in [0.29, 0.717) is 11.3 Å². The molecule has 2 aromatic carbocycles. The first-order valence-corrected chi connectivity index (χ1v) is 11.2. The van der Waals surface area contributed by atoms with Crippen molar-refractivity contribution in [2.45, 2.75) is 13.0 Å². The van der Waals surface area contributed by atoms with Crippen molar-refractivity contribution in [1.29, 1.82) is 0 Å².